The van der Waals surface area contributed by atoms with E-state index in [1.807, 2.05) is 32.0 Å². The zero-order valence-electron chi connectivity index (χ0n) is 11.4. The van der Waals surface area contributed by atoms with E-state index in [1.54, 1.807) is 6.20 Å². The van der Waals surface area contributed by atoms with Crippen LogP contribution in [0.2, 0.25) is 0 Å². The third-order valence-electron chi connectivity index (χ3n) is 2.85. The molecule has 0 bridgehead atoms. The number of rotatable bonds is 7. The molecule has 0 aliphatic carbocycles. The molecule has 100 valence electrons. The second kappa shape index (κ2) is 7.82. The van der Waals surface area contributed by atoms with Gasteiger partial charge in [-0.1, -0.05) is 19.4 Å². The van der Waals surface area contributed by atoms with Gasteiger partial charge in [-0.25, -0.2) is 0 Å². The summed E-state index contributed by atoms with van der Waals surface area (Å²) in [7, 11) is 0. The predicted molar refractivity (Wildman–Crippen MR) is 73.2 cm³/mol. The molecule has 0 saturated carbocycles. The van der Waals surface area contributed by atoms with Crippen LogP contribution in [-0.2, 0) is 4.79 Å². The van der Waals surface area contributed by atoms with Gasteiger partial charge in [0.1, 0.15) is 0 Å². The van der Waals surface area contributed by atoms with Gasteiger partial charge in [-0.05, 0) is 32.4 Å². The Bertz CT molecular complexity index is 353. The van der Waals surface area contributed by atoms with Crippen LogP contribution in [0.3, 0.4) is 0 Å². The van der Waals surface area contributed by atoms with Crippen molar-refractivity contribution in [1.82, 2.24) is 15.6 Å². The molecular weight excluding hydrogens is 226 g/mol. The maximum Gasteiger partial charge on any atom is 0.236 e. The maximum atomic E-state index is 11.8. The molecule has 1 rings (SSSR count). The first kappa shape index (κ1) is 14.6. The smallest absolute Gasteiger partial charge is 0.236 e. The third kappa shape index (κ3) is 4.84. The molecule has 0 aliphatic heterocycles. The highest BCUT2D eigenvalue weighted by molar-refractivity contribution is 5.81. The van der Waals surface area contributed by atoms with Crippen LogP contribution in [0.25, 0.3) is 0 Å². The standard InChI is InChI=1S/C14H23N3O/c1-4-5-9-16-14(18)12(3)17-11(2)13-8-6-7-10-15-13/h6-8,10-12,17H,4-5,9H2,1-3H3,(H,16,18)/t11-,12?/m1/s1. The number of hydrogen-bond donors (Lipinski definition) is 2. The summed E-state index contributed by atoms with van der Waals surface area (Å²) in [6.07, 6.45) is 3.88. The zero-order valence-corrected chi connectivity index (χ0v) is 11.4. The number of nitrogens with one attached hydrogen (secondary N) is 2. The Balaban J connectivity index is 2.39. The van der Waals surface area contributed by atoms with Gasteiger partial charge in [0.25, 0.3) is 0 Å². The highest BCUT2D eigenvalue weighted by Gasteiger charge is 2.15. The van der Waals surface area contributed by atoms with E-state index >= 15 is 0 Å². The van der Waals surface area contributed by atoms with Crippen molar-refractivity contribution in [3.8, 4) is 0 Å². The first-order chi connectivity index (χ1) is 8.65. The lowest BCUT2D eigenvalue weighted by Crippen LogP contribution is -2.43. The number of amides is 1. The van der Waals surface area contributed by atoms with E-state index in [0.29, 0.717) is 0 Å². The van der Waals surface area contributed by atoms with Crippen molar-refractivity contribution in [2.24, 2.45) is 0 Å². The van der Waals surface area contributed by atoms with Crippen LogP contribution in [0.4, 0.5) is 0 Å². The molecule has 0 radical (unpaired) electrons. The Labute approximate surface area is 109 Å². The van der Waals surface area contributed by atoms with E-state index in [-0.39, 0.29) is 18.0 Å². The molecule has 1 amide bonds. The summed E-state index contributed by atoms with van der Waals surface area (Å²) in [4.78, 5) is 16.1. The first-order valence-electron chi connectivity index (χ1n) is 6.59. The number of nitrogens with zero attached hydrogens (tertiary/aromatic N) is 1. The van der Waals surface area contributed by atoms with E-state index in [9.17, 15) is 4.79 Å². The Kier molecular flexibility index (Phi) is 6.36. The van der Waals surface area contributed by atoms with Crippen molar-refractivity contribution in [2.75, 3.05) is 6.54 Å². The van der Waals surface area contributed by atoms with E-state index in [2.05, 4.69) is 22.5 Å². The van der Waals surface area contributed by atoms with Crippen molar-refractivity contribution in [3.63, 3.8) is 0 Å². The van der Waals surface area contributed by atoms with Gasteiger partial charge in [0.05, 0.1) is 11.7 Å². The minimum Gasteiger partial charge on any atom is -0.355 e. The highest BCUT2D eigenvalue weighted by atomic mass is 16.2. The van der Waals surface area contributed by atoms with Crippen LogP contribution in [0.15, 0.2) is 24.4 Å². The van der Waals surface area contributed by atoms with Crippen molar-refractivity contribution < 1.29 is 4.79 Å². The molecule has 1 unspecified atom stereocenters. The fourth-order valence-corrected chi connectivity index (χ4v) is 1.71. The number of carbonyl (C=O) groups excluding carboxylic acids is 1. The molecule has 0 saturated heterocycles. The molecule has 2 N–H and O–H groups in total. The highest BCUT2D eigenvalue weighted by Crippen LogP contribution is 2.08. The Morgan fingerprint density at radius 3 is 2.78 bits per heavy atom. The molecule has 1 heterocycles. The number of aromatic nitrogens is 1. The second-order valence-electron chi connectivity index (χ2n) is 4.51. The van der Waals surface area contributed by atoms with Crippen LogP contribution < -0.4 is 10.6 Å². The van der Waals surface area contributed by atoms with Crippen molar-refractivity contribution in [3.05, 3.63) is 30.1 Å². The number of hydrogen-bond acceptors (Lipinski definition) is 3. The molecule has 18 heavy (non-hydrogen) atoms. The fourth-order valence-electron chi connectivity index (χ4n) is 1.71. The molecule has 4 nitrogen and oxygen atoms in total. The largest absolute Gasteiger partial charge is 0.355 e. The SMILES string of the molecule is CCCCNC(=O)C(C)N[C@H](C)c1ccccn1. The minimum absolute atomic E-state index is 0.0474. The lowest BCUT2D eigenvalue weighted by atomic mass is 10.2. The molecule has 4 heteroatoms. The minimum atomic E-state index is -0.209. The molecule has 1 aromatic rings. The molecule has 0 aliphatic rings. The quantitative estimate of drug-likeness (QED) is 0.727. The molecule has 0 spiro atoms. The Morgan fingerprint density at radius 1 is 1.39 bits per heavy atom. The van der Waals surface area contributed by atoms with Gasteiger partial charge in [0.2, 0.25) is 5.91 Å². The average Bonchev–Trinajstić information content (AvgIpc) is 2.39. The lowest BCUT2D eigenvalue weighted by Gasteiger charge is -2.19. The van der Waals surface area contributed by atoms with E-state index in [0.717, 1.165) is 25.1 Å². The molecule has 0 fully saturated rings. The summed E-state index contributed by atoms with van der Waals surface area (Å²) < 4.78 is 0. The van der Waals surface area contributed by atoms with Gasteiger partial charge in [-0.15, -0.1) is 0 Å². The fraction of sp³-hybridized carbons (Fsp3) is 0.571. The molecule has 0 aromatic carbocycles. The van der Waals surface area contributed by atoms with Gasteiger partial charge >= 0.3 is 0 Å². The summed E-state index contributed by atoms with van der Waals surface area (Å²) in [6, 6.07) is 5.65. The molecular formula is C14H23N3O. The summed E-state index contributed by atoms with van der Waals surface area (Å²) in [6.45, 7) is 6.75. The van der Waals surface area contributed by atoms with Crippen molar-refractivity contribution >= 4 is 5.91 Å². The topological polar surface area (TPSA) is 54.0 Å². The second-order valence-corrected chi connectivity index (χ2v) is 4.51. The third-order valence-corrected chi connectivity index (χ3v) is 2.85. The number of unbranched alkanes of at least 4 members (excludes halogenated alkanes) is 1. The van der Waals surface area contributed by atoms with E-state index in [4.69, 9.17) is 0 Å². The van der Waals surface area contributed by atoms with Crippen LogP contribution in [0.1, 0.15) is 45.3 Å². The summed E-state index contributed by atoms with van der Waals surface area (Å²) in [5.41, 5.74) is 0.950. The zero-order chi connectivity index (χ0) is 13.4. The average molecular weight is 249 g/mol. The van der Waals surface area contributed by atoms with Gasteiger partial charge in [-0.3, -0.25) is 15.1 Å². The number of carbonyl (C=O) groups is 1. The van der Waals surface area contributed by atoms with Gasteiger partial charge in [0, 0.05) is 18.8 Å². The van der Waals surface area contributed by atoms with Gasteiger partial charge < -0.3 is 5.32 Å². The van der Waals surface area contributed by atoms with Crippen LogP contribution in [0.5, 0.6) is 0 Å². The van der Waals surface area contributed by atoms with Gasteiger partial charge in [0.15, 0.2) is 0 Å². The number of pyridine rings is 1. The van der Waals surface area contributed by atoms with Crippen LogP contribution in [0, 0.1) is 0 Å². The normalized spacial score (nSPS) is 13.9. The first-order valence-corrected chi connectivity index (χ1v) is 6.59. The molecule has 1 aromatic heterocycles. The maximum absolute atomic E-state index is 11.8. The van der Waals surface area contributed by atoms with Crippen molar-refractivity contribution in [2.45, 2.75) is 45.7 Å². The van der Waals surface area contributed by atoms with Crippen LogP contribution in [-0.4, -0.2) is 23.5 Å². The van der Waals surface area contributed by atoms with Gasteiger partial charge in [-0.2, -0.15) is 0 Å². The predicted octanol–water partition coefficient (Wildman–Crippen LogP) is 2.04. The Hall–Kier alpha value is -1.42. The summed E-state index contributed by atoms with van der Waals surface area (Å²) >= 11 is 0. The monoisotopic (exact) mass is 249 g/mol. The van der Waals surface area contributed by atoms with E-state index in [1.165, 1.54) is 0 Å². The summed E-state index contributed by atoms with van der Waals surface area (Å²) in [5, 5.41) is 6.17. The van der Waals surface area contributed by atoms with E-state index < -0.39 is 0 Å². The Morgan fingerprint density at radius 2 is 2.17 bits per heavy atom. The summed E-state index contributed by atoms with van der Waals surface area (Å²) in [5.74, 6) is 0.0474. The lowest BCUT2D eigenvalue weighted by molar-refractivity contribution is -0.122. The molecule has 2 atom stereocenters. The van der Waals surface area contributed by atoms with Crippen molar-refractivity contribution in [1.29, 1.82) is 0 Å². The van der Waals surface area contributed by atoms with Crippen LogP contribution >= 0.6 is 0 Å².